The van der Waals surface area contributed by atoms with Crippen molar-refractivity contribution in [2.75, 3.05) is 18.0 Å². The molecule has 4 heteroatoms. The maximum Gasteiger partial charge on any atom is 0.225 e. The van der Waals surface area contributed by atoms with Crippen molar-refractivity contribution in [3.63, 3.8) is 0 Å². The fraction of sp³-hybridized carbons (Fsp3) is 0.733. The van der Waals surface area contributed by atoms with Crippen molar-refractivity contribution in [1.29, 1.82) is 0 Å². The number of aryl methyl sites for hydroxylation is 2. The molecule has 102 valence electrons. The highest BCUT2D eigenvalue weighted by Crippen LogP contribution is 2.39. The molecule has 2 aliphatic carbocycles. The zero-order valence-corrected chi connectivity index (χ0v) is 11.3. The van der Waals surface area contributed by atoms with Crippen molar-refractivity contribution < 1.29 is 5.11 Å². The third-order valence-corrected chi connectivity index (χ3v) is 5.06. The van der Waals surface area contributed by atoms with Gasteiger partial charge >= 0.3 is 0 Å². The van der Waals surface area contributed by atoms with E-state index in [0.29, 0.717) is 11.8 Å². The highest BCUT2D eigenvalue weighted by Gasteiger charge is 2.41. The minimum atomic E-state index is -0.0680. The second-order valence-electron chi connectivity index (χ2n) is 6.40. The van der Waals surface area contributed by atoms with Crippen molar-refractivity contribution in [3.05, 3.63) is 17.5 Å². The van der Waals surface area contributed by atoms with E-state index < -0.39 is 0 Å². The van der Waals surface area contributed by atoms with Crippen LogP contribution in [0, 0.1) is 11.8 Å². The summed E-state index contributed by atoms with van der Waals surface area (Å²) in [5.41, 5.74) is 2.62. The van der Waals surface area contributed by atoms with Crippen molar-refractivity contribution in [2.45, 2.75) is 44.6 Å². The van der Waals surface area contributed by atoms with Crippen LogP contribution in [0.25, 0.3) is 0 Å². The molecule has 0 spiro atoms. The van der Waals surface area contributed by atoms with Crippen LogP contribution < -0.4 is 4.90 Å². The van der Waals surface area contributed by atoms with Crippen molar-refractivity contribution in [1.82, 2.24) is 9.97 Å². The number of nitrogens with zero attached hydrogens (tertiary/aromatic N) is 3. The molecule has 0 radical (unpaired) electrons. The maximum absolute atomic E-state index is 9.70. The number of hydrogen-bond donors (Lipinski definition) is 1. The summed E-state index contributed by atoms with van der Waals surface area (Å²) in [7, 11) is 0. The molecule has 4 rings (SSSR count). The van der Waals surface area contributed by atoms with E-state index >= 15 is 0 Å². The smallest absolute Gasteiger partial charge is 0.225 e. The van der Waals surface area contributed by atoms with E-state index in [9.17, 15) is 5.11 Å². The molecule has 0 aromatic carbocycles. The van der Waals surface area contributed by atoms with E-state index in [1.165, 1.54) is 24.1 Å². The zero-order chi connectivity index (χ0) is 12.8. The molecule has 0 bridgehead atoms. The van der Waals surface area contributed by atoms with E-state index in [1.54, 1.807) is 0 Å². The molecule has 2 fully saturated rings. The van der Waals surface area contributed by atoms with Crippen molar-refractivity contribution in [3.8, 4) is 0 Å². The van der Waals surface area contributed by atoms with Gasteiger partial charge in [0.1, 0.15) is 0 Å². The van der Waals surface area contributed by atoms with Crippen LogP contribution >= 0.6 is 0 Å². The van der Waals surface area contributed by atoms with E-state index in [4.69, 9.17) is 4.98 Å². The highest BCUT2D eigenvalue weighted by atomic mass is 16.3. The van der Waals surface area contributed by atoms with Gasteiger partial charge in [0.2, 0.25) is 5.95 Å². The summed E-state index contributed by atoms with van der Waals surface area (Å²) >= 11 is 0. The Balaban J connectivity index is 1.54. The minimum Gasteiger partial charge on any atom is -0.393 e. The van der Waals surface area contributed by atoms with E-state index in [1.807, 2.05) is 6.20 Å². The molecular weight excluding hydrogens is 238 g/mol. The normalized spacial score (nSPS) is 33.3. The van der Waals surface area contributed by atoms with E-state index in [-0.39, 0.29) is 6.10 Å². The number of aromatic nitrogens is 2. The van der Waals surface area contributed by atoms with Gasteiger partial charge in [-0.1, -0.05) is 0 Å². The lowest BCUT2D eigenvalue weighted by Gasteiger charge is -2.21. The van der Waals surface area contributed by atoms with Gasteiger partial charge in [-0.2, -0.15) is 0 Å². The van der Waals surface area contributed by atoms with Gasteiger partial charge in [0.05, 0.1) is 6.10 Å². The van der Waals surface area contributed by atoms with Crippen LogP contribution in [0.15, 0.2) is 6.20 Å². The molecule has 1 unspecified atom stereocenters. The Labute approximate surface area is 113 Å². The fourth-order valence-electron chi connectivity index (χ4n) is 4.05. The van der Waals surface area contributed by atoms with Crippen molar-refractivity contribution in [2.24, 2.45) is 11.8 Å². The zero-order valence-electron chi connectivity index (χ0n) is 11.3. The van der Waals surface area contributed by atoms with Crippen LogP contribution in [0.5, 0.6) is 0 Å². The van der Waals surface area contributed by atoms with Gasteiger partial charge in [-0.3, -0.25) is 0 Å². The molecule has 2 heterocycles. The van der Waals surface area contributed by atoms with Crippen LogP contribution in [0.2, 0.25) is 0 Å². The highest BCUT2D eigenvalue weighted by molar-refractivity contribution is 5.36. The van der Waals surface area contributed by atoms with Gasteiger partial charge in [0.15, 0.2) is 0 Å². The average molecular weight is 259 g/mol. The molecule has 1 N–H and O–H groups in total. The summed E-state index contributed by atoms with van der Waals surface area (Å²) in [6.45, 7) is 2.06. The number of rotatable bonds is 1. The van der Waals surface area contributed by atoms with Crippen molar-refractivity contribution >= 4 is 5.95 Å². The maximum atomic E-state index is 9.70. The first-order chi connectivity index (χ1) is 9.29. The number of anilines is 1. The molecule has 1 aliphatic heterocycles. The molecule has 1 saturated carbocycles. The Hall–Kier alpha value is -1.16. The van der Waals surface area contributed by atoms with Gasteiger partial charge in [-0.15, -0.1) is 0 Å². The summed E-state index contributed by atoms with van der Waals surface area (Å²) in [6, 6.07) is 0. The Morgan fingerprint density at radius 2 is 1.84 bits per heavy atom. The third kappa shape index (κ3) is 2.02. The fourth-order valence-corrected chi connectivity index (χ4v) is 4.05. The molecular formula is C15H21N3O. The van der Waals surface area contributed by atoms with Gasteiger partial charge in [0.25, 0.3) is 0 Å². The first-order valence-electron chi connectivity index (χ1n) is 7.57. The van der Waals surface area contributed by atoms with Crippen LogP contribution in [0.4, 0.5) is 5.95 Å². The first-order valence-corrected chi connectivity index (χ1v) is 7.57. The predicted octanol–water partition coefficient (Wildman–Crippen LogP) is 1.56. The molecule has 3 aliphatic rings. The number of hydrogen-bond acceptors (Lipinski definition) is 4. The van der Waals surface area contributed by atoms with E-state index in [0.717, 1.165) is 44.7 Å². The standard InChI is InChI=1S/C15H21N3O/c19-13-5-11-8-18(9-12(11)6-13)15-16-7-10-3-1-2-4-14(10)17-15/h7,11-13,19H,1-6,8-9H2/t11-,12+,13?. The molecule has 4 nitrogen and oxygen atoms in total. The Kier molecular flexibility index (Phi) is 2.72. The second-order valence-corrected chi connectivity index (χ2v) is 6.40. The summed E-state index contributed by atoms with van der Waals surface area (Å²) in [4.78, 5) is 11.7. The molecule has 3 atom stereocenters. The quantitative estimate of drug-likeness (QED) is 0.831. The number of fused-ring (bicyclic) bond motifs is 2. The lowest BCUT2D eigenvalue weighted by Crippen LogP contribution is -2.25. The Bertz CT molecular complexity index is 476. The Morgan fingerprint density at radius 3 is 2.63 bits per heavy atom. The van der Waals surface area contributed by atoms with Gasteiger partial charge in [-0.05, 0) is 55.9 Å². The summed E-state index contributed by atoms with van der Waals surface area (Å²) in [5.74, 6) is 2.22. The number of aliphatic hydroxyl groups excluding tert-OH is 1. The number of aliphatic hydroxyl groups is 1. The Morgan fingerprint density at radius 1 is 1.11 bits per heavy atom. The summed E-state index contributed by atoms with van der Waals surface area (Å²) < 4.78 is 0. The molecule has 19 heavy (non-hydrogen) atoms. The SMILES string of the molecule is OC1C[C@@H]2CN(c3ncc4c(n3)CCCC4)C[C@@H]2C1. The third-order valence-electron chi connectivity index (χ3n) is 5.06. The second kappa shape index (κ2) is 4.44. The van der Waals surface area contributed by atoms with Crippen LogP contribution in [-0.4, -0.2) is 34.3 Å². The predicted molar refractivity (Wildman–Crippen MR) is 73.1 cm³/mol. The van der Waals surface area contributed by atoms with Gasteiger partial charge in [0, 0.05) is 25.0 Å². The van der Waals surface area contributed by atoms with Crippen LogP contribution in [-0.2, 0) is 12.8 Å². The first kappa shape index (κ1) is 11.6. The lowest BCUT2D eigenvalue weighted by molar-refractivity contribution is 0.174. The minimum absolute atomic E-state index is 0.0680. The molecule has 1 aromatic heterocycles. The molecule has 1 saturated heterocycles. The molecule has 0 amide bonds. The average Bonchev–Trinajstić information content (AvgIpc) is 2.95. The van der Waals surface area contributed by atoms with Gasteiger partial charge < -0.3 is 10.0 Å². The van der Waals surface area contributed by atoms with Crippen LogP contribution in [0.3, 0.4) is 0 Å². The molecule has 1 aromatic rings. The topological polar surface area (TPSA) is 49.2 Å². The van der Waals surface area contributed by atoms with Crippen LogP contribution in [0.1, 0.15) is 36.9 Å². The summed E-state index contributed by atoms with van der Waals surface area (Å²) in [5, 5.41) is 9.70. The van der Waals surface area contributed by atoms with E-state index in [2.05, 4.69) is 9.88 Å². The van der Waals surface area contributed by atoms with Gasteiger partial charge in [-0.25, -0.2) is 9.97 Å². The largest absolute Gasteiger partial charge is 0.393 e. The lowest BCUT2D eigenvalue weighted by atomic mass is 9.98. The summed E-state index contributed by atoms with van der Waals surface area (Å²) in [6.07, 6.45) is 8.71. The monoisotopic (exact) mass is 259 g/mol.